The minimum Gasteiger partial charge on any atom is -0.445 e. The third kappa shape index (κ3) is 6.39. The van der Waals surface area contributed by atoms with Gasteiger partial charge in [-0.3, -0.25) is 0 Å². The SMILES string of the molecule is O=C(N[C@H]1CC[C@H](c2nnc(COCc3ccccc3)o2)CC1)OCc1ccccc1. The van der Waals surface area contributed by atoms with E-state index in [4.69, 9.17) is 13.9 Å². The van der Waals surface area contributed by atoms with E-state index in [1.54, 1.807) is 0 Å². The summed E-state index contributed by atoms with van der Waals surface area (Å²) >= 11 is 0. The maximum atomic E-state index is 12.1. The fourth-order valence-electron chi connectivity index (χ4n) is 3.74. The smallest absolute Gasteiger partial charge is 0.407 e. The van der Waals surface area contributed by atoms with Gasteiger partial charge in [0.05, 0.1) is 6.61 Å². The first-order valence-electron chi connectivity index (χ1n) is 10.7. The van der Waals surface area contributed by atoms with E-state index in [-0.39, 0.29) is 24.7 Å². The molecule has 3 aromatic rings. The van der Waals surface area contributed by atoms with Gasteiger partial charge >= 0.3 is 6.09 Å². The highest BCUT2D eigenvalue weighted by molar-refractivity contribution is 5.67. The third-order valence-corrected chi connectivity index (χ3v) is 5.43. The van der Waals surface area contributed by atoms with Crippen LogP contribution in [0.3, 0.4) is 0 Å². The molecule has 1 N–H and O–H groups in total. The number of aromatic nitrogens is 2. The molecule has 0 bridgehead atoms. The normalized spacial score (nSPS) is 18.5. The summed E-state index contributed by atoms with van der Waals surface area (Å²) in [4.78, 5) is 12.1. The molecular weight excluding hydrogens is 394 g/mol. The Morgan fingerprint density at radius 3 is 2.19 bits per heavy atom. The molecule has 0 saturated heterocycles. The van der Waals surface area contributed by atoms with Crippen molar-refractivity contribution in [3.8, 4) is 0 Å². The molecule has 0 aliphatic heterocycles. The Morgan fingerprint density at radius 2 is 1.52 bits per heavy atom. The van der Waals surface area contributed by atoms with Crippen molar-refractivity contribution in [2.45, 2.75) is 57.5 Å². The first-order valence-corrected chi connectivity index (χ1v) is 10.7. The quantitative estimate of drug-likeness (QED) is 0.565. The van der Waals surface area contributed by atoms with Crippen molar-refractivity contribution in [2.75, 3.05) is 0 Å². The predicted octanol–water partition coefficient (Wildman–Crippen LogP) is 4.74. The van der Waals surface area contributed by atoms with E-state index in [0.717, 1.165) is 36.8 Å². The lowest BCUT2D eigenvalue weighted by molar-refractivity contribution is 0.0879. The topological polar surface area (TPSA) is 86.5 Å². The van der Waals surface area contributed by atoms with Gasteiger partial charge in [-0.1, -0.05) is 60.7 Å². The molecule has 1 aromatic heterocycles. The Labute approximate surface area is 181 Å². The minimum atomic E-state index is -0.372. The van der Waals surface area contributed by atoms with E-state index < -0.39 is 0 Å². The molecule has 0 spiro atoms. The van der Waals surface area contributed by atoms with Crippen LogP contribution in [-0.4, -0.2) is 22.3 Å². The molecule has 31 heavy (non-hydrogen) atoms. The lowest BCUT2D eigenvalue weighted by Gasteiger charge is -2.26. The van der Waals surface area contributed by atoms with Gasteiger partial charge in [0, 0.05) is 12.0 Å². The Morgan fingerprint density at radius 1 is 0.871 bits per heavy atom. The Balaban J connectivity index is 1.16. The van der Waals surface area contributed by atoms with E-state index in [9.17, 15) is 4.79 Å². The van der Waals surface area contributed by atoms with Gasteiger partial charge in [0.1, 0.15) is 13.2 Å². The Bertz CT molecular complexity index is 938. The van der Waals surface area contributed by atoms with Gasteiger partial charge in [-0.25, -0.2) is 4.79 Å². The largest absolute Gasteiger partial charge is 0.445 e. The molecular formula is C24H27N3O4. The number of rotatable bonds is 8. The predicted molar refractivity (Wildman–Crippen MR) is 114 cm³/mol. The summed E-state index contributed by atoms with van der Waals surface area (Å²) in [6.07, 6.45) is 3.11. The number of carbonyl (C=O) groups excluding carboxylic acids is 1. The van der Waals surface area contributed by atoms with Gasteiger partial charge in [0.25, 0.3) is 0 Å². The molecule has 1 heterocycles. The molecule has 2 aromatic carbocycles. The minimum absolute atomic E-state index is 0.108. The van der Waals surface area contributed by atoms with Crippen LogP contribution in [0.1, 0.15) is 54.5 Å². The Kier molecular flexibility index (Phi) is 7.28. The first kappa shape index (κ1) is 21.1. The van der Waals surface area contributed by atoms with E-state index in [2.05, 4.69) is 15.5 Å². The highest BCUT2D eigenvalue weighted by Crippen LogP contribution is 2.32. The average Bonchev–Trinajstić information content (AvgIpc) is 3.29. The fourth-order valence-corrected chi connectivity index (χ4v) is 3.74. The number of hydrogen-bond acceptors (Lipinski definition) is 6. The van der Waals surface area contributed by atoms with Gasteiger partial charge in [-0.05, 0) is 36.8 Å². The summed E-state index contributed by atoms with van der Waals surface area (Å²) in [5.41, 5.74) is 2.08. The fraction of sp³-hybridized carbons (Fsp3) is 0.375. The molecule has 1 aliphatic rings. The van der Waals surface area contributed by atoms with Gasteiger partial charge in [0.2, 0.25) is 11.8 Å². The number of carbonyl (C=O) groups is 1. The van der Waals surface area contributed by atoms with Crippen LogP contribution in [0.5, 0.6) is 0 Å². The molecule has 7 nitrogen and oxygen atoms in total. The summed E-state index contributed by atoms with van der Waals surface area (Å²) in [7, 11) is 0. The van der Waals surface area contributed by atoms with Crippen LogP contribution >= 0.6 is 0 Å². The molecule has 1 saturated carbocycles. The van der Waals surface area contributed by atoms with Crippen LogP contribution in [0, 0.1) is 0 Å². The van der Waals surface area contributed by atoms with Crippen LogP contribution in [0.15, 0.2) is 65.1 Å². The van der Waals surface area contributed by atoms with Crippen molar-refractivity contribution >= 4 is 6.09 Å². The zero-order chi connectivity index (χ0) is 21.3. The van der Waals surface area contributed by atoms with Gasteiger partial charge in [0.15, 0.2) is 0 Å². The van der Waals surface area contributed by atoms with Crippen LogP contribution in [0.25, 0.3) is 0 Å². The van der Waals surface area contributed by atoms with E-state index in [1.807, 2.05) is 60.7 Å². The first-order chi connectivity index (χ1) is 15.3. The third-order valence-electron chi connectivity index (χ3n) is 5.43. The standard InChI is InChI=1S/C24H27N3O4/c28-24(30-16-19-9-5-2-6-10-19)25-21-13-11-20(12-14-21)23-27-26-22(31-23)17-29-15-18-7-3-1-4-8-18/h1-10,20-21H,11-17H2,(H,25,28)/t20-,21-. The van der Waals surface area contributed by atoms with Crippen molar-refractivity contribution in [2.24, 2.45) is 0 Å². The highest BCUT2D eigenvalue weighted by Gasteiger charge is 2.27. The molecule has 162 valence electrons. The molecule has 0 radical (unpaired) electrons. The second kappa shape index (κ2) is 10.7. The van der Waals surface area contributed by atoms with E-state index in [0.29, 0.717) is 25.0 Å². The number of amides is 1. The summed E-state index contributed by atoms with van der Waals surface area (Å²) in [6.45, 7) is 1.08. The van der Waals surface area contributed by atoms with Crippen molar-refractivity contribution in [3.63, 3.8) is 0 Å². The van der Waals surface area contributed by atoms with Crippen molar-refractivity contribution in [1.29, 1.82) is 0 Å². The summed E-state index contributed by atoms with van der Waals surface area (Å²) < 4.78 is 16.8. The van der Waals surface area contributed by atoms with E-state index in [1.165, 1.54) is 0 Å². The Hall–Kier alpha value is -3.19. The number of hydrogen-bond donors (Lipinski definition) is 1. The summed E-state index contributed by atoms with van der Waals surface area (Å²) in [5.74, 6) is 1.37. The zero-order valence-corrected chi connectivity index (χ0v) is 17.4. The monoisotopic (exact) mass is 421 g/mol. The van der Waals surface area contributed by atoms with Crippen molar-refractivity contribution in [3.05, 3.63) is 83.6 Å². The van der Waals surface area contributed by atoms with Gasteiger partial charge in [-0.15, -0.1) is 10.2 Å². The number of ether oxygens (including phenoxy) is 2. The van der Waals surface area contributed by atoms with Crippen molar-refractivity contribution < 1.29 is 18.7 Å². The summed E-state index contributed by atoms with van der Waals surface area (Å²) in [6, 6.07) is 19.7. The lowest BCUT2D eigenvalue weighted by atomic mass is 9.86. The molecule has 1 fully saturated rings. The number of nitrogens with zero attached hydrogens (tertiary/aromatic N) is 2. The molecule has 4 rings (SSSR count). The molecule has 1 amide bonds. The molecule has 7 heteroatoms. The number of benzene rings is 2. The molecule has 0 unspecified atom stereocenters. The summed E-state index contributed by atoms with van der Waals surface area (Å²) in [5, 5.41) is 11.3. The number of alkyl carbamates (subject to hydrolysis) is 1. The number of nitrogens with one attached hydrogen (secondary N) is 1. The van der Waals surface area contributed by atoms with Crippen LogP contribution < -0.4 is 5.32 Å². The van der Waals surface area contributed by atoms with Crippen LogP contribution in [-0.2, 0) is 29.3 Å². The highest BCUT2D eigenvalue weighted by atomic mass is 16.5. The molecule has 1 aliphatic carbocycles. The second-order valence-corrected chi connectivity index (χ2v) is 7.77. The molecule has 0 atom stereocenters. The zero-order valence-electron chi connectivity index (χ0n) is 17.4. The lowest BCUT2D eigenvalue weighted by Crippen LogP contribution is -2.37. The maximum Gasteiger partial charge on any atom is 0.407 e. The van der Waals surface area contributed by atoms with Crippen LogP contribution in [0.2, 0.25) is 0 Å². The van der Waals surface area contributed by atoms with Crippen molar-refractivity contribution in [1.82, 2.24) is 15.5 Å². The maximum absolute atomic E-state index is 12.1. The average molecular weight is 421 g/mol. The van der Waals surface area contributed by atoms with E-state index >= 15 is 0 Å². The second-order valence-electron chi connectivity index (χ2n) is 7.77. The van der Waals surface area contributed by atoms with Gasteiger partial charge in [-0.2, -0.15) is 0 Å². The van der Waals surface area contributed by atoms with Gasteiger partial charge < -0.3 is 19.2 Å². The van der Waals surface area contributed by atoms with Crippen LogP contribution in [0.4, 0.5) is 4.79 Å².